The van der Waals surface area contributed by atoms with Crippen molar-refractivity contribution in [3.8, 4) is 0 Å². The minimum atomic E-state index is -0.662. The van der Waals surface area contributed by atoms with Crippen LogP contribution >= 0.6 is 0 Å². The zero-order valence-electron chi connectivity index (χ0n) is 11.4. The summed E-state index contributed by atoms with van der Waals surface area (Å²) in [6, 6.07) is 8.60. The topological polar surface area (TPSA) is 98.7 Å². The smallest absolute Gasteiger partial charge is 0.244 e. The molecule has 7 nitrogen and oxygen atoms in total. The van der Waals surface area contributed by atoms with Crippen LogP contribution in [0.2, 0.25) is 0 Å². The number of hydrogen-bond donors (Lipinski definition) is 2. The van der Waals surface area contributed by atoms with Crippen molar-refractivity contribution in [2.24, 2.45) is 12.8 Å². The number of rotatable bonds is 4. The maximum Gasteiger partial charge on any atom is 0.244 e. The third-order valence-electron chi connectivity index (χ3n) is 3.23. The van der Waals surface area contributed by atoms with Crippen LogP contribution in [0.5, 0.6) is 0 Å². The van der Waals surface area contributed by atoms with E-state index in [0.29, 0.717) is 11.5 Å². The number of nitrogens with zero attached hydrogens (tertiary/aromatic N) is 4. The van der Waals surface area contributed by atoms with Crippen molar-refractivity contribution in [2.75, 3.05) is 5.32 Å². The first-order valence-electron chi connectivity index (χ1n) is 6.40. The molecule has 0 spiro atoms. The van der Waals surface area contributed by atoms with E-state index >= 15 is 0 Å². The number of benzene rings is 1. The molecule has 0 saturated carbocycles. The average Bonchev–Trinajstić information content (AvgIpc) is 2.88. The van der Waals surface area contributed by atoms with Crippen molar-refractivity contribution >= 4 is 22.8 Å². The summed E-state index contributed by atoms with van der Waals surface area (Å²) in [6.45, 7) is 0. The van der Waals surface area contributed by atoms with Crippen molar-refractivity contribution in [3.05, 3.63) is 48.4 Å². The van der Waals surface area contributed by atoms with Crippen molar-refractivity contribution < 1.29 is 4.79 Å². The van der Waals surface area contributed by atoms with Gasteiger partial charge in [-0.3, -0.25) is 9.48 Å². The van der Waals surface area contributed by atoms with Crippen LogP contribution in [0, 0.1) is 0 Å². The second kappa shape index (κ2) is 5.20. The van der Waals surface area contributed by atoms with Gasteiger partial charge in [0.25, 0.3) is 0 Å². The lowest BCUT2D eigenvalue weighted by Crippen LogP contribution is -2.28. The van der Waals surface area contributed by atoms with Gasteiger partial charge in [-0.2, -0.15) is 5.10 Å². The van der Waals surface area contributed by atoms with Crippen molar-refractivity contribution in [1.29, 1.82) is 0 Å². The fraction of sp³-hybridized carbons (Fsp3) is 0.143. The van der Waals surface area contributed by atoms with Crippen LogP contribution < -0.4 is 11.1 Å². The third kappa shape index (κ3) is 2.40. The molecule has 2 aromatic heterocycles. The van der Waals surface area contributed by atoms with Crippen LogP contribution in [-0.2, 0) is 11.8 Å². The van der Waals surface area contributed by atoms with Crippen LogP contribution in [0.1, 0.15) is 11.6 Å². The summed E-state index contributed by atoms with van der Waals surface area (Å²) in [5.41, 5.74) is 6.96. The molecule has 2 heterocycles. The molecule has 1 atom stereocenters. The van der Waals surface area contributed by atoms with Gasteiger partial charge < -0.3 is 11.1 Å². The monoisotopic (exact) mass is 282 g/mol. The van der Waals surface area contributed by atoms with E-state index < -0.39 is 11.9 Å². The fourth-order valence-electron chi connectivity index (χ4n) is 2.18. The highest BCUT2D eigenvalue weighted by molar-refractivity contribution is 5.90. The molecule has 0 saturated heterocycles. The van der Waals surface area contributed by atoms with Gasteiger partial charge >= 0.3 is 0 Å². The Morgan fingerprint density at radius 1 is 1.29 bits per heavy atom. The Morgan fingerprint density at radius 3 is 2.76 bits per heavy atom. The molecule has 0 fully saturated rings. The molecular formula is C14H14N6O. The molecule has 106 valence electrons. The molecule has 0 aliphatic carbocycles. The van der Waals surface area contributed by atoms with Crippen LogP contribution in [0.25, 0.3) is 11.0 Å². The average molecular weight is 282 g/mol. The number of hydrogen-bond acceptors (Lipinski definition) is 5. The first-order chi connectivity index (χ1) is 10.2. The van der Waals surface area contributed by atoms with E-state index in [1.807, 2.05) is 30.3 Å². The SMILES string of the molecule is Cn1ncc2c(N[C@@H](C(N)=O)c3ccccc3)ncnc21. The number of carbonyl (C=O) groups is 1. The van der Waals surface area contributed by atoms with Gasteiger partial charge in [-0.05, 0) is 5.56 Å². The molecule has 0 aliphatic heterocycles. The highest BCUT2D eigenvalue weighted by Gasteiger charge is 2.19. The van der Waals surface area contributed by atoms with Crippen molar-refractivity contribution in [1.82, 2.24) is 19.7 Å². The van der Waals surface area contributed by atoms with Gasteiger partial charge in [-0.15, -0.1) is 0 Å². The minimum Gasteiger partial charge on any atom is -0.368 e. The molecular weight excluding hydrogens is 268 g/mol. The highest BCUT2D eigenvalue weighted by atomic mass is 16.1. The third-order valence-corrected chi connectivity index (χ3v) is 3.23. The summed E-state index contributed by atoms with van der Waals surface area (Å²) in [4.78, 5) is 20.1. The van der Waals surface area contributed by atoms with Crippen LogP contribution in [-0.4, -0.2) is 25.7 Å². The largest absolute Gasteiger partial charge is 0.368 e. The Bertz CT molecular complexity index is 783. The number of aryl methyl sites for hydroxylation is 1. The standard InChI is InChI=1S/C14H14N6O/c1-20-14-10(7-18-20)13(16-8-17-14)19-11(12(15)21)9-5-3-2-4-6-9/h2-8,11H,1H3,(H2,15,21)(H,16,17,19)/t11-/m1/s1. The Labute approximate surface area is 120 Å². The number of fused-ring (bicyclic) bond motifs is 1. The zero-order chi connectivity index (χ0) is 14.8. The van der Waals surface area contributed by atoms with Gasteiger partial charge in [0.1, 0.15) is 18.2 Å². The molecule has 0 radical (unpaired) electrons. The zero-order valence-corrected chi connectivity index (χ0v) is 11.4. The molecule has 3 N–H and O–H groups in total. The molecule has 0 bridgehead atoms. The van der Waals surface area contributed by atoms with Crippen LogP contribution in [0.3, 0.4) is 0 Å². The number of carbonyl (C=O) groups excluding carboxylic acids is 1. The van der Waals surface area contributed by atoms with Crippen molar-refractivity contribution in [3.63, 3.8) is 0 Å². The summed E-state index contributed by atoms with van der Waals surface area (Å²) in [6.07, 6.45) is 3.08. The first kappa shape index (κ1) is 13.0. The second-order valence-electron chi connectivity index (χ2n) is 4.62. The number of aromatic nitrogens is 4. The van der Waals surface area contributed by atoms with Gasteiger partial charge in [0, 0.05) is 7.05 Å². The highest BCUT2D eigenvalue weighted by Crippen LogP contribution is 2.23. The predicted octanol–water partition coefficient (Wildman–Crippen LogP) is 1.00. The summed E-state index contributed by atoms with van der Waals surface area (Å²) in [5.74, 6) is 0.0533. The van der Waals surface area contributed by atoms with Crippen LogP contribution in [0.15, 0.2) is 42.9 Å². The second-order valence-corrected chi connectivity index (χ2v) is 4.62. The number of amides is 1. The molecule has 1 aromatic carbocycles. The lowest BCUT2D eigenvalue weighted by Gasteiger charge is -2.16. The number of nitrogens with two attached hydrogens (primary N) is 1. The maximum absolute atomic E-state index is 11.7. The molecule has 21 heavy (non-hydrogen) atoms. The molecule has 7 heteroatoms. The Hall–Kier alpha value is -2.96. The first-order valence-corrected chi connectivity index (χ1v) is 6.40. The van der Waals surface area contributed by atoms with Crippen LogP contribution in [0.4, 0.5) is 5.82 Å². The quantitative estimate of drug-likeness (QED) is 0.744. The van der Waals surface area contributed by atoms with Gasteiger partial charge in [-0.25, -0.2) is 9.97 Å². The summed E-state index contributed by atoms with van der Waals surface area (Å²) in [5, 5.41) is 7.95. The minimum absolute atomic E-state index is 0.475. The Morgan fingerprint density at radius 2 is 2.05 bits per heavy atom. The van der Waals surface area contributed by atoms with E-state index in [2.05, 4.69) is 20.4 Å². The normalized spacial score (nSPS) is 12.2. The number of nitrogens with one attached hydrogen (secondary N) is 1. The van der Waals surface area contributed by atoms with E-state index in [4.69, 9.17) is 5.73 Å². The van der Waals surface area contributed by atoms with Gasteiger partial charge in [-0.1, -0.05) is 30.3 Å². The molecule has 0 aliphatic rings. The summed E-state index contributed by atoms with van der Waals surface area (Å²) < 4.78 is 1.64. The molecule has 1 amide bonds. The molecule has 0 unspecified atom stereocenters. The maximum atomic E-state index is 11.7. The van der Waals surface area contributed by atoms with E-state index in [9.17, 15) is 4.79 Å². The van der Waals surface area contributed by atoms with E-state index in [-0.39, 0.29) is 0 Å². The van der Waals surface area contributed by atoms with E-state index in [0.717, 1.165) is 10.9 Å². The Kier molecular flexibility index (Phi) is 3.23. The van der Waals surface area contributed by atoms with Gasteiger partial charge in [0.2, 0.25) is 5.91 Å². The lowest BCUT2D eigenvalue weighted by atomic mass is 10.1. The van der Waals surface area contributed by atoms with Gasteiger partial charge in [0.05, 0.1) is 11.6 Å². The molecule has 3 aromatic rings. The van der Waals surface area contributed by atoms with E-state index in [1.54, 1.807) is 17.9 Å². The predicted molar refractivity (Wildman–Crippen MR) is 78.3 cm³/mol. The van der Waals surface area contributed by atoms with E-state index in [1.165, 1.54) is 6.33 Å². The Balaban J connectivity index is 2.01. The summed E-state index contributed by atoms with van der Waals surface area (Å²) in [7, 11) is 1.79. The molecule has 3 rings (SSSR count). The summed E-state index contributed by atoms with van der Waals surface area (Å²) >= 11 is 0. The number of anilines is 1. The number of primary amides is 1. The lowest BCUT2D eigenvalue weighted by molar-refractivity contribution is -0.118. The fourth-order valence-corrected chi connectivity index (χ4v) is 2.18. The van der Waals surface area contributed by atoms with Crippen molar-refractivity contribution in [2.45, 2.75) is 6.04 Å². The van der Waals surface area contributed by atoms with Gasteiger partial charge in [0.15, 0.2) is 5.65 Å².